The zero-order chi connectivity index (χ0) is 9.12. The van der Waals surface area contributed by atoms with Gasteiger partial charge < -0.3 is 4.89 Å². The van der Waals surface area contributed by atoms with Crippen LogP contribution >= 0.6 is 42.4 Å². The zero-order valence-corrected chi connectivity index (χ0v) is 8.92. The minimum Gasteiger partial charge on any atom is -0.324 e. The van der Waals surface area contributed by atoms with E-state index in [0.29, 0.717) is 0 Å². The van der Waals surface area contributed by atoms with E-state index in [4.69, 9.17) is 39.7 Å². The van der Waals surface area contributed by atoms with E-state index in [0.717, 1.165) is 0 Å². The van der Waals surface area contributed by atoms with Crippen LogP contribution in [0.25, 0.3) is 0 Å². The van der Waals surface area contributed by atoms with Crippen LogP contribution in [0.3, 0.4) is 0 Å². The van der Waals surface area contributed by atoms with Crippen molar-refractivity contribution in [2.75, 3.05) is 12.0 Å². The Balaban J connectivity index is 4.03. The predicted molar refractivity (Wildman–Crippen MR) is 46.6 cm³/mol. The van der Waals surface area contributed by atoms with Gasteiger partial charge in [-0.2, -0.15) is 0 Å². The Kier molecular flexibility index (Phi) is 4.71. The van der Waals surface area contributed by atoms with E-state index >= 15 is 0 Å². The Morgan fingerprint density at radius 3 is 2.36 bits per heavy atom. The van der Waals surface area contributed by atoms with Crippen LogP contribution < -0.4 is 0 Å². The monoisotopic (exact) mass is 240 g/mol. The summed E-state index contributed by atoms with van der Waals surface area (Å²) >= 11 is 15.9. The predicted octanol–water partition coefficient (Wildman–Crippen LogP) is 2.58. The number of hydrogen-bond donors (Lipinski definition) is 1. The van der Waals surface area contributed by atoms with Crippen molar-refractivity contribution in [2.24, 2.45) is 0 Å². The highest BCUT2D eigenvalue weighted by atomic mass is 35.5. The largest absolute Gasteiger partial charge is 0.331 e. The zero-order valence-electron chi connectivity index (χ0n) is 5.76. The maximum Gasteiger partial charge on any atom is 0.331 e. The molecule has 0 heterocycles. The molecule has 0 saturated heterocycles. The van der Waals surface area contributed by atoms with Crippen molar-refractivity contribution in [2.45, 2.75) is 11.4 Å². The van der Waals surface area contributed by atoms with Gasteiger partial charge >= 0.3 is 7.60 Å². The lowest BCUT2D eigenvalue weighted by Gasteiger charge is -2.18. The van der Waals surface area contributed by atoms with E-state index in [1.54, 1.807) is 0 Å². The van der Waals surface area contributed by atoms with Gasteiger partial charge in [-0.05, 0) is 6.92 Å². The van der Waals surface area contributed by atoms with Gasteiger partial charge in [-0.25, -0.2) is 0 Å². The molecule has 0 radical (unpaired) electrons. The molecule has 3 nitrogen and oxygen atoms in total. The lowest BCUT2D eigenvalue weighted by atomic mass is 10.9. The first-order valence-electron chi connectivity index (χ1n) is 2.73. The molecule has 0 fully saturated rings. The molecule has 0 aromatic carbocycles. The van der Waals surface area contributed by atoms with Crippen LogP contribution in [0, 0.1) is 0 Å². The standard InChI is InChI=1S/C4H8Cl3O3P/c1-4(6,7)10-11(8,9)3-2-5/h2-3H2,1H3,(H,8,9). The second-order valence-electron chi connectivity index (χ2n) is 1.95. The van der Waals surface area contributed by atoms with Crippen molar-refractivity contribution in [3.8, 4) is 0 Å². The average molecular weight is 241 g/mol. The van der Waals surface area contributed by atoms with Crippen molar-refractivity contribution in [3.05, 3.63) is 0 Å². The van der Waals surface area contributed by atoms with E-state index in [2.05, 4.69) is 4.52 Å². The van der Waals surface area contributed by atoms with E-state index in [1.807, 2.05) is 0 Å². The second kappa shape index (κ2) is 4.31. The summed E-state index contributed by atoms with van der Waals surface area (Å²) < 4.78 is 13.7. The molecule has 0 amide bonds. The van der Waals surface area contributed by atoms with E-state index in [9.17, 15) is 4.57 Å². The summed E-state index contributed by atoms with van der Waals surface area (Å²) in [7, 11) is -3.71. The molecule has 7 heteroatoms. The Morgan fingerprint density at radius 1 is 1.64 bits per heavy atom. The molecule has 0 spiro atoms. The van der Waals surface area contributed by atoms with Crippen LogP contribution in [0.1, 0.15) is 6.92 Å². The molecule has 68 valence electrons. The highest BCUT2D eigenvalue weighted by Gasteiger charge is 2.29. The summed E-state index contributed by atoms with van der Waals surface area (Å²) in [5.41, 5.74) is 0. The molecule has 0 aliphatic rings. The maximum atomic E-state index is 10.9. The summed E-state index contributed by atoms with van der Waals surface area (Å²) in [6.07, 6.45) is -0.163. The Labute approximate surface area is 80.1 Å². The van der Waals surface area contributed by atoms with Crippen molar-refractivity contribution in [3.63, 3.8) is 0 Å². The van der Waals surface area contributed by atoms with E-state index < -0.39 is 12.1 Å². The first kappa shape index (κ1) is 12.0. The SMILES string of the molecule is CC(Cl)(Cl)OP(=O)(O)CCCl. The third kappa shape index (κ3) is 7.38. The van der Waals surface area contributed by atoms with Crippen LogP contribution in [-0.4, -0.2) is 21.5 Å². The normalized spacial score (nSPS) is 17.9. The molecule has 11 heavy (non-hydrogen) atoms. The summed E-state index contributed by atoms with van der Waals surface area (Å²) in [4.78, 5) is 8.93. The van der Waals surface area contributed by atoms with Crippen molar-refractivity contribution in [1.29, 1.82) is 0 Å². The Bertz CT molecular complexity index is 166. The fourth-order valence-electron chi connectivity index (χ4n) is 0.403. The lowest BCUT2D eigenvalue weighted by Crippen LogP contribution is -2.11. The second-order valence-corrected chi connectivity index (χ2v) is 5.87. The van der Waals surface area contributed by atoms with Crippen LogP contribution in [0.5, 0.6) is 0 Å². The summed E-state index contributed by atoms with van der Waals surface area (Å²) in [6.45, 7) is 1.26. The molecule has 0 bridgehead atoms. The van der Waals surface area contributed by atoms with Gasteiger partial charge in [0.05, 0.1) is 6.16 Å². The molecule has 1 unspecified atom stereocenters. The van der Waals surface area contributed by atoms with Crippen LogP contribution in [0.2, 0.25) is 0 Å². The van der Waals surface area contributed by atoms with E-state index in [1.165, 1.54) is 6.92 Å². The number of alkyl halides is 3. The van der Waals surface area contributed by atoms with Gasteiger partial charge in [-0.15, -0.1) is 11.6 Å². The number of halogens is 3. The van der Waals surface area contributed by atoms with Gasteiger partial charge in [-0.3, -0.25) is 9.09 Å². The first-order chi connectivity index (χ1) is 4.77. The number of rotatable bonds is 4. The van der Waals surface area contributed by atoms with Gasteiger partial charge in [0.25, 0.3) is 0 Å². The maximum absolute atomic E-state index is 10.9. The van der Waals surface area contributed by atoms with Crippen LogP contribution in [-0.2, 0) is 9.09 Å². The van der Waals surface area contributed by atoms with E-state index in [-0.39, 0.29) is 12.0 Å². The molecule has 0 aliphatic heterocycles. The van der Waals surface area contributed by atoms with Crippen LogP contribution in [0.4, 0.5) is 0 Å². The lowest BCUT2D eigenvalue weighted by molar-refractivity contribution is 0.220. The number of hydrogen-bond acceptors (Lipinski definition) is 2. The van der Waals surface area contributed by atoms with Crippen molar-refractivity contribution in [1.82, 2.24) is 0 Å². The molecule has 0 saturated carbocycles. The molecule has 0 aliphatic carbocycles. The van der Waals surface area contributed by atoms with Crippen molar-refractivity contribution >= 4 is 42.4 Å². The smallest absolute Gasteiger partial charge is 0.324 e. The minimum atomic E-state index is -3.71. The Morgan fingerprint density at radius 2 is 2.09 bits per heavy atom. The summed E-state index contributed by atoms with van der Waals surface area (Å²) in [6, 6.07) is 0. The third-order valence-electron chi connectivity index (χ3n) is 0.670. The van der Waals surface area contributed by atoms with Crippen LogP contribution in [0.15, 0.2) is 0 Å². The Hall–Kier alpha value is 1.02. The first-order valence-corrected chi connectivity index (χ1v) is 5.78. The average Bonchev–Trinajstić information content (AvgIpc) is 1.55. The molecule has 0 aromatic heterocycles. The molecule has 0 aromatic rings. The highest BCUT2D eigenvalue weighted by molar-refractivity contribution is 7.53. The quantitative estimate of drug-likeness (QED) is 0.608. The fourth-order valence-corrected chi connectivity index (χ4v) is 2.50. The molecular formula is C4H8Cl3O3P. The minimum absolute atomic E-state index is 0.0254. The highest BCUT2D eigenvalue weighted by Crippen LogP contribution is 2.48. The molecule has 0 rings (SSSR count). The summed E-state index contributed by atoms with van der Waals surface area (Å²) in [5.74, 6) is 0.0254. The van der Waals surface area contributed by atoms with Gasteiger partial charge in [0.2, 0.25) is 4.52 Å². The third-order valence-corrected chi connectivity index (χ3v) is 2.93. The summed E-state index contributed by atoms with van der Waals surface area (Å²) in [5, 5.41) is 0. The van der Waals surface area contributed by atoms with Gasteiger partial charge in [0.15, 0.2) is 0 Å². The fraction of sp³-hybridized carbons (Fsp3) is 1.00. The van der Waals surface area contributed by atoms with Crippen molar-refractivity contribution < 1.29 is 14.0 Å². The van der Waals surface area contributed by atoms with Gasteiger partial charge in [0, 0.05) is 5.88 Å². The topological polar surface area (TPSA) is 46.5 Å². The van der Waals surface area contributed by atoms with Gasteiger partial charge in [-0.1, -0.05) is 23.2 Å². The molecule has 1 N–H and O–H groups in total. The van der Waals surface area contributed by atoms with Gasteiger partial charge in [0.1, 0.15) is 0 Å². The molecule has 1 atom stereocenters. The molecular weight excluding hydrogens is 233 g/mol.